The van der Waals surface area contributed by atoms with Gasteiger partial charge < -0.3 is 24.1 Å². The zero-order chi connectivity index (χ0) is 23.6. The van der Waals surface area contributed by atoms with E-state index in [1.165, 1.54) is 0 Å². The van der Waals surface area contributed by atoms with Crippen LogP contribution in [0.2, 0.25) is 0 Å². The second-order valence-electron chi connectivity index (χ2n) is 7.88. The van der Waals surface area contributed by atoms with Crippen LogP contribution in [0.5, 0.6) is 17.2 Å². The molecule has 0 aliphatic heterocycles. The number of nitrogens with zero attached hydrogens (tertiary/aromatic N) is 1. The summed E-state index contributed by atoms with van der Waals surface area (Å²) in [5.74, 6) is 1.80. The lowest BCUT2D eigenvalue weighted by Gasteiger charge is -2.25. The molecule has 0 saturated carbocycles. The van der Waals surface area contributed by atoms with E-state index in [0.29, 0.717) is 30.3 Å². The van der Waals surface area contributed by atoms with E-state index >= 15 is 0 Å². The lowest BCUT2D eigenvalue weighted by atomic mass is 10.0. The van der Waals surface area contributed by atoms with Gasteiger partial charge in [0.2, 0.25) is 5.75 Å². The average Bonchev–Trinajstić information content (AvgIpc) is 2.85. The molecule has 0 spiro atoms. The predicted molar refractivity (Wildman–Crippen MR) is 129 cm³/mol. The molecule has 6 nitrogen and oxygen atoms in total. The van der Waals surface area contributed by atoms with Crippen molar-refractivity contribution in [1.82, 2.24) is 4.90 Å². The molecule has 33 heavy (non-hydrogen) atoms. The van der Waals surface area contributed by atoms with Gasteiger partial charge in [0.15, 0.2) is 11.5 Å². The van der Waals surface area contributed by atoms with Crippen molar-refractivity contribution in [2.45, 2.75) is 18.8 Å². The topological polar surface area (TPSA) is 60.4 Å². The first-order chi connectivity index (χ1) is 16.1. The summed E-state index contributed by atoms with van der Waals surface area (Å²) in [6, 6.07) is 23.9. The van der Waals surface area contributed by atoms with Gasteiger partial charge in [-0.1, -0.05) is 66.7 Å². The van der Waals surface area contributed by atoms with Crippen molar-refractivity contribution in [1.29, 1.82) is 0 Å². The SMILES string of the molecule is COc1ccc(CN(C)C[C@H](O)COC(c2ccccc2)c2ccccc2)c(OC)c1OC. The molecule has 3 aromatic carbocycles. The number of likely N-dealkylation sites (N-methyl/N-ethyl adjacent to an activating group) is 1. The molecule has 1 N–H and O–H groups in total. The van der Waals surface area contributed by atoms with Gasteiger partial charge in [0.1, 0.15) is 6.10 Å². The first kappa shape index (κ1) is 24.6. The molecular weight excluding hydrogens is 418 g/mol. The van der Waals surface area contributed by atoms with E-state index in [-0.39, 0.29) is 12.7 Å². The van der Waals surface area contributed by atoms with Crippen LogP contribution in [0.1, 0.15) is 22.8 Å². The van der Waals surface area contributed by atoms with E-state index in [9.17, 15) is 5.11 Å². The molecule has 0 radical (unpaired) electrons. The van der Waals surface area contributed by atoms with Crippen LogP contribution < -0.4 is 14.2 Å². The highest BCUT2D eigenvalue weighted by atomic mass is 16.5. The molecule has 0 unspecified atom stereocenters. The summed E-state index contributed by atoms with van der Waals surface area (Å²) in [7, 11) is 6.74. The molecule has 0 amide bonds. The van der Waals surface area contributed by atoms with Crippen LogP contribution >= 0.6 is 0 Å². The highest BCUT2D eigenvalue weighted by Gasteiger charge is 2.20. The third-order valence-corrected chi connectivity index (χ3v) is 5.41. The molecule has 0 bridgehead atoms. The van der Waals surface area contributed by atoms with Crippen molar-refractivity contribution in [3.63, 3.8) is 0 Å². The number of benzene rings is 3. The van der Waals surface area contributed by atoms with E-state index in [1.807, 2.05) is 84.7 Å². The standard InChI is InChI=1S/C27H33NO5/c1-28(17-22-15-16-24(30-2)27(32-4)26(22)31-3)18-23(29)19-33-25(20-11-7-5-8-12-20)21-13-9-6-10-14-21/h5-16,23,25,29H,17-19H2,1-4H3/t23-/m0/s1. The summed E-state index contributed by atoms with van der Waals surface area (Å²) < 4.78 is 22.6. The largest absolute Gasteiger partial charge is 0.493 e. The Morgan fingerprint density at radius 3 is 1.85 bits per heavy atom. The number of aliphatic hydroxyl groups is 1. The minimum absolute atomic E-state index is 0.210. The van der Waals surface area contributed by atoms with Crippen LogP contribution in [0.25, 0.3) is 0 Å². The molecule has 176 valence electrons. The average molecular weight is 452 g/mol. The maximum Gasteiger partial charge on any atom is 0.203 e. The lowest BCUT2D eigenvalue weighted by Crippen LogP contribution is -2.32. The van der Waals surface area contributed by atoms with E-state index in [4.69, 9.17) is 18.9 Å². The van der Waals surface area contributed by atoms with Gasteiger partial charge in [0, 0.05) is 18.7 Å². The number of rotatable bonds is 12. The van der Waals surface area contributed by atoms with Gasteiger partial charge in [-0.3, -0.25) is 4.90 Å². The number of methoxy groups -OCH3 is 3. The lowest BCUT2D eigenvalue weighted by molar-refractivity contribution is -0.00632. The second-order valence-corrected chi connectivity index (χ2v) is 7.88. The summed E-state index contributed by atoms with van der Waals surface area (Å²) in [6.07, 6.45) is -0.894. The highest BCUT2D eigenvalue weighted by Crippen LogP contribution is 2.40. The Balaban J connectivity index is 1.64. The normalized spacial score (nSPS) is 12.1. The van der Waals surface area contributed by atoms with Crippen molar-refractivity contribution in [2.24, 2.45) is 0 Å². The Morgan fingerprint density at radius 2 is 1.33 bits per heavy atom. The van der Waals surface area contributed by atoms with Gasteiger partial charge in [-0.05, 0) is 24.2 Å². The third kappa shape index (κ3) is 6.48. The van der Waals surface area contributed by atoms with Gasteiger partial charge in [0.25, 0.3) is 0 Å². The third-order valence-electron chi connectivity index (χ3n) is 5.41. The van der Waals surface area contributed by atoms with E-state index in [2.05, 4.69) is 0 Å². The molecule has 1 atom stereocenters. The van der Waals surface area contributed by atoms with Crippen molar-refractivity contribution in [2.75, 3.05) is 41.5 Å². The molecule has 0 aliphatic rings. The number of aliphatic hydroxyl groups excluding tert-OH is 1. The molecular formula is C27H33NO5. The molecule has 0 heterocycles. The first-order valence-corrected chi connectivity index (χ1v) is 10.9. The van der Waals surface area contributed by atoms with Crippen LogP contribution in [-0.2, 0) is 11.3 Å². The van der Waals surface area contributed by atoms with E-state index in [0.717, 1.165) is 16.7 Å². The van der Waals surface area contributed by atoms with Crippen molar-refractivity contribution in [3.05, 3.63) is 89.5 Å². The van der Waals surface area contributed by atoms with Gasteiger partial charge >= 0.3 is 0 Å². The Bertz CT molecular complexity index is 941. The van der Waals surface area contributed by atoms with Gasteiger partial charge in [-0.15, -0.1) is 0 Å². The summed E-state index contributed by atoms with van der Waals surface area (Å²) in [5.41, 5.74) is 3.05. The predicted octanol–water partition coefficient (Wildman–Crippen LogP) is 4.31. The van der Waals surface area contributed by atoms with Crippen LogP contribution in [0, 0.1) is 0 Å². The van der Waals surface area contributed by atoms with Gasteiger partial charge in [0.05, 0.1) is 34.0 Å². The van der Waals surface area contributed by atoms with Crippen LogP contribution in [0.4, 0.5) is 0 Å². The second kappa shape index (κ2) is 12.3. The summed E-state index contributed by atoms with van der Waals surface area (Å²) in [4.78, 5) is 2.03. The molecule has 0 aromatic heterocycles. The number of hydrogen-bond donors (Lipinski definition) is 1. The minimum atomic E-state index is -0.656. The Labute approximate surface area is 196 Å². The van der Waals surface area contributed by atoms with Crippen LogP contribution in [0.15, 0.2) is 72.8 Å². The first-order valence-electron chi connectivity index (χ1n) is 10.9. The summed E-state index contributed by atoms with van der Waals surface area (Å²) in [6.45, 7) is 1.22. The Hall–Kier alpha value is -3.06. The minimum Gasteiger partial charge on any atom is -0.493 e. The molecule has 6 heteroatoms. The molecule has 3 rings (SSSR count). The number of hydrogen-bond acceptors (Lipinski definition) is 6. The van der Waals surface area contributed by atoms with E-state index in [1.54, 1.807) is 21.3 Å². The highest BCUT2D eigenvalue weighted by molar-refractivity contribution is 5.55. The van der Waals surface area contributed by atoms with E-state index < -0.39 is 6.10 Å². The Kier molecular flexibility index (Phi) is 9.13. The van der Waals surface area contributed by atoms with Gasteiger partial charge in [-0.25, -0.2) is 0 Å². The van der Waals surface area contributed by atoms with Crippen molar-refractivity contribution < 1.29 is 24.1 Å². The molecule has 0 fully saturated rings. The summed E-state index contributed by atoms with van der Waals surface area (Å²) in [5, 5.41) is 10.7. The summed E-state index contributed by atoms with van der Waals surface area (Å²) >= 11 is 0. The maximum atomic E-state index is 10.7. The molecule has 3 aromatic rings. The Morgan fingerprint density at radius 1 is 0.758 bits per heavy atom. The monoisotopic (exact) mass is 451 g/mol. The van der Waals surface area contributed by atoms with Crippen LogP contribution in [0.3, 0.4) is 0 Å². The fraction of sp³-hybridized carbons (Fsp3) is 0.333. The zero-order valence-electron chi connectivity index (χ0n) is 19.7. The molecule has 0 saturated heterocycles. The van der Waals surface area contributed by atoms with Crippen molar-refractivity contribution >= 4 is 0 Å². The zero-order valence-corrected chi connectivity index (χ0v) is 19.7. The van der Waals surface area contributed by atoms with Crippen LogP contribution in [-0.4, -0.2) is 57.6 Å². The maximum absolute atomic E-state index is 10.7. The van der Waals surface area contributed by atoms with Crippen molar-refractivity contribution in [3.8, 4) is 17.2 Å². The van der Waals surface area contributed by atoms with Gasteiger partial charge in [-0.2, -0.15) is 0 Å². The fourth-order valence-electron chi connectivity index (χ4n) is 3.90. The number of ether oxygens (including phenoxy) is 4. The molecule has 0 aliphatic carbocycles. The smallest absolute Gasteiger partial charge is 0.203 e. The quantitative estimate of drug-likeness (QED) is 0.443. The fourth-order valence-corrected chi connectivity index (χ4v) is 3.90.